The minimum Gasteiger partial charge on any atom is -0.316 e. The second-order valence-electron chi connectivity index (χ2n) is 3.22. The minimum absolute atomic E-state index is 0.265. The molecule has 74 valence electrons. The van der Waals surface area contributed by atoms with Crippen LogP contribution >= 0.6 is 0 Å². The maximum Gasteiger partial charge on any atom is 0.0470 e. The van der Waals surface area contributed by atoms with Crippen molar-refractivity contribution in [1.82, 2.24) is 5.32 Å². The predicted octanol–water partition coefficient (Wildman–Crippen LogP) is 1.53. The number of hydrogen-bond donors (Lipinski definition) is 1. The Labute approximate surface area is 78.6 Å². The predicted molar refractivity (Wildman–Crippen MR) is 55.9 cm³/mol. The third-order valence-corrected chi connectivity index (χ3v) is 4.20. The molecule has 3 heteroatoms. The summed E-state index contributed by atoms with van der Waals surface area (Å²) in [5.74, 6) is 0.851. The van der Waals surface area contributed by atoms with Crippen LogP contribution in [0, 0.1) is 0 Å². The Morgan fingerprint density at radius 3 is 2.42 bits per heavy atom. The first-order chi connectivity index (χ1) is 5.63. The summed E-state index contributed by atoms with van der Waals surface area (Å²) in [5.41, 5.74) is 0. The van der Waals surface area contributed by atoms with E-state index in [0.717, 1.165) is 18.6 Å². The van der Waals surface area contributed by atoms with Crippen molar-refractivity contribution in [1.29, 1.82) is 0 Å². The lowest BCUT2D eigenvalue weighted by molar-refractivity contribution is 0.583. The molecule has 0 aliphatic heterocycles. The van der Waals surface area contributed by atoms with Crippen molar-refractivity contribution in [2.24, 2.45) is 0 Å². The van der Waals surface area contributed by atoms with Gasteiger partial charge in [-0.15, -0.1) is 0 Å². The normalized spacial score (nSPS) is 18.7. The van der Waals surface area contributed by atoms with E-state index in [-0.39, 0.29) is 5.25 Å². The Kier molecular flexibility index (Phi) is 6.67. The van der Waals surface area contributed by atoms with E-state index in [0.29, 0.717) is 6.04 Å². The molecule has 0 amide bonds. The van der Waals surface area contributed by atoms with Gasteiger partial charge in [-0.1, -0.05) is 13.3 Å². The van der Waals surface area contributed by atoms with Crippen molar-refractivity contribution in [2.45, 2.75) is 44.9 Å². The number of hydrogen-bond acceptors (Lipinski definition) is 2. The Hall–Kier alpha value is 0.110. The van der Waals surface area contributed by atoms with Crippen LogP contribution < -0.4 is 5.32 Å². The standard InChI is InChI=1S/C9H21NOS/c1-5-6-7-12(11)9(3)8(2)10-4/h8-10H,5-7H2,1-4H3. The zero-order valence-electron chi connectivity index (χ0n) is 8.59. The lowest BCUT2D eigenvalue weighted by atomic mass is 10.3. The third-order valence-electron chi connectivity index (χ3n) is 2.27. The van der Waals surface area contributed by atoms with Crippen LogP contribution in [-0.4, -0.2) is 28.3 Å². The summed E-state index contributed by atoms with van der Waals surface area (Å²) >= 11 is 0. The number of unbranched alkanes of at least 4 members (excludes halogenated alkanes) is 1. The fraction of sp³-hybridized carbons (Fsp3) is 1.00. The molecule has 0 heterocycles. The van der Waals surface area contributed by atoms with E-state index < -0.39 is 10.8 Å². The van der Waals surface area contributed by atoms with Crippen molar-refractivity contribution >= 4 is 10.8 Å². The highest BCUT2D eigenvalue weighted by Crippen LogP contribution is 2.04. The average Bonchev–Trinajstić information content (AvgIpc) is 2.11. The number of rotatable bonds is 6. The summed E-state index contributed by atoms with van der Waals surface area (Å²) in [6.07, 6.45) is 2.21. The third kappa shape index (κ3) is 4.21. The quantitative estimate of drug-likeness (QED) is 0.690. The van der Waals surface area contributed by atoms with Crippen LogP contribution in [0.5, 0.6) is 0 Å². The van der Waals surface area contributed by atoms with Gasteiger partial charge in [0.25, 0.3) is 0 Å². The summed E-state index contributed by atoms with van der Waals surface area (Å²) in [6, 6.07) is 0.350. The molecule has 3 unspecified atom stereocenters. The van der Waals surface area contributed by atoms with Crippen molar-refractivity contribution < 1.29 is 4.21 Å². The molecule has 0 aliphatic carbocycles. The first-order valence-electron chi connectivity index (χ1n) is 4.67. The van der Waals surface area contributed by atoms with Gasteiger partial charge in [-0.05, 0) is 27.3 Å². The summed E-state index contributed by atoms with van der Waals surface area (Å²) in [4.78, 5) is 0. The van der Waals surface area contributed by atoms with Gasteiger partial charge in [-0.3, -0.25) is 4.21 Å². The molecular weight excluding hydrogens is 170 g/mol. The largest absolute Gasteiger partial charge is 0.316 e. The molecular formula is C9H21NOS. The SMILES string of the molecule is CCCCS(=O)C(C)C(C)NC. The minimum atomic E-state index is -0.657. The molecule has 0 rings (SSSR count). The molecule has 0 aromatic heterocycles. The second kappa shape index (κ2) is 6.61. The highest BCUT2D eigenvalue weighted by Gasteiger charge is 2.15. The highest BCUT2D eigenvalue weighted by molar-refractivity contribution is 7.85. The molecule has 12 heavy (non-hydrogen) atoms. The Bertz CT molecular complexity index is 138. The van der Waals surface area contributed by atoms with Crippen LogP contribution in [0.25, 0.3) is 0 Å². The van der Waals surface area contributed by atoms with Gasteiger partial charge >= 0.3 is 0 Å². The van der Waals surface area contributed by atoms with E-state index >= 15 is 0 Å². The molecule has 0 spiro atoms. The van der Waals surface area contributed by atoms with Gasteiger partial charge in [0.15, 0.2) is 0 Å². The van der Waals surface area contributed by atoms with Crippen LogP contribution in [0.15, 0.2) is 0 Å². The Morgan fingerprint density at radius 1 is 1.42 bits per heavy atom. The summed E-state index contributed by atoms with van der Waals surface area (Å²) < 4.78 is 11.6. The molecule has 0 aromatic carbocycles. The number of nitrogens with one attached hydrogen (secondary N) is 1. The average molecular weight is 191 g/mol. The Balaban J connectivity index is 3.75. The first kappa shape index (κ1) is 12.1. The highest BCUT2D eigenvalue weighted by atomic mass is 32.2. The zero-order valence-corrected chi connectivity index (χ0v) is 9.41. The second-order valence-corrected chi connectivity index (χ2v) is 5.13. The van der Waals surface area contributed by atoms with Crippen LogP contribution in [0.1, 0.15) is 33.6 Å². The van der Waals surface area contributed by atoms with Gasteiger partial charge in [-0.2, -0.15) is 0 Å². The topological polar surface area (TPSA) is 29.1 Å². The maximum absolute atomic E-state index is 11.6. The van der Waals surface area contributed by atoms with E-state index in [2.05, 4.69) is 19.2 Å². The van der Waals surface area contributed by atoms with Crippen LogP contribution in [0.3, 0.4) is 0 Å². The summed E-state index contributed by atoms with van der Waals surface area (Å²) in [6.45, 7) is 6.25. The van der Waals surface area contributed by atoms with E-state index in [1.807, 2.05) is 14.0 Å². The Morgan fingerprint density at radius 2 is 2.00 bits per heavy atom. The molecule has 0 saturated carbocycles. The van der Waals surface area contributed by atoms with Gasteiger partial charge in [-0.25, -0.2) is 0 Å². The van der Waals surface area contributed by atoms with Gasteiger partial charge in [0.2, 0.25) is 0 Å². The monoisotopic (exact) mass is 191 g/mol. The lowest BCUT2D eigenvalue weighted by Gasteiger charge is -2.18. The summed E-state index contributed by atoms with van der Waals surface area (Å²) in [7, 11) is 1.26. The van der Waals surface area contributed by atoms with Gasteiger partial charge in [0, 0.05) is 27.8 Å². The molecule has 0 saturated heterocycles. The van der Waals surface area contributed by atoms with Crippen molar-refractivity contribution in [3.63, 3.8) is 0 Å². The van der Waals surface area contributed by atoms with Crippen molar-refractivity contribution in [2.75, 3.05) is 12.8 Å². The molecule has 2 nitrogen and oxygen atoms in total. The molecule has 0 fully saturated rings. The zero-order chi connectivity index (χ0) is 9.56. The van der Waals surface area contributed by atoms with Crippen molar-refractivity contribution in [3.8, 4) is 0 Å². The fourth-order valence-corrected chi connectivity index (χ4v) is 2.47. The molecule has 0 radical (unpaired) electrons. The smallest absolute Gasteiger partial charge is 0.0470 e. The van der Waals surface area contributed by atoms with Crippen LogP contribution in [0.2, 0.25) is 0 Å². The molecule has 1 N–H and O–H groups in total. The van der Waals surface area contributed by atoms with E-state index in [9.17, 15) is 4.21 Å². The van der Waals surface area contributed by atoms with Crippen molar-refractivity contribution in [3.05, 3.63) is 0 Å². The van der Waals surface area contributed by atoms with Crippen LogP contribution in [-0.2, 0) is 10.8 Å². The van der Waals surface area contributed by atoms with E-state index in [4.69, 9.17) is 0 Å². The van der Waals surface area contributed by atoms with Gasteiger partial charge in [0.1, 0.15) is 0 Å². The van der Waals surface area contributed by atoms with Gasteiger partial charge in [0.05, 0.1) is 0 Å². The summed E-state index contributed by atoms with van der Waals surface area (Å²) in [5, 5.41) is 3.39. The molecule has 0 bridgehead atoms. The maximum atomic E-state index is 11.6. The molecule has 0 aromatic rings. The van der Waals surface area contributed by atoms with Crippen LogP contribution in [0.4, 0.5) is 0 Å². The molecule has 0 aliphatic rings. The van der Waals surface area contributed by atoms with E-state index in [1.54, 1.807) is 0 Å². The first-order valence-corrected chi connectivity index (χ1v) is 6.06. The fourth-order valence-electron chi connectivity index (χ4n) is 0.935. The van der Waals surface area contributed by atoms with Gasteiger partial charge < -0.3 is 5.32 Å². The lowest BCUT2D eigenvalue weighted by Crippen LogP contribution is -2.36. The van der Waals surface area contributed by atoms with E-state index in [1.165, 1.54) is 0 Å². The molecule has 3 atom stereocenters.